The smallest absolute Gasteiger partial charge is 0.306 e. The Morgan fingerprint density at radius 1 is 0.500 bits per heavy atom. The summed E-state index contributed by atoms with van der Waals surface area (Å²) in [4.78, 5) is 25.6. The predicted molar refractivity (Wildman–Crippen MR) is 266 cm³/mol. The molecule has 1 fully saturated rings. The number of carbonyl (C=O) groups is 2. The highest BCUT2D eigenvalue weighted by atomic mass is 32.2. The summed E-state index contributed by atoms with van der Waals surface area (Å²) in [6.45, 7) is 3.79. The lowest BCUT2D eigenvalue weighted by Crippen LogP contribution is -2.60. The number of hydrogen-bond donors (Lipinski definition) is 4. The number of aliphatic hydroxyl groups excluding tert-OH is 3. The number of hydrogen-bond acceptors (Lipinski definition) is 11. The third-order valence-corrected chi connectivity index (χ3v) is 13.3. The van der Waals surface area contributed by atoms with Crippen LogP contribution >= 0.6 is 0 Å². The summed E-state index contributed by atoms with van der Waals surface area (Å²) < 4.78 is 54.3. The maximum absolute atomic E-state index is 12.9. The van der Waals surface area contributed by atoms with Gasteiger partial charge in [-0.25, -0.2) is 0 Å². The Balaban J connectivity index is 2.35. The first-order chi connectivity index (χ1) is 32.0. The molecule has 0 spiro atoms. The summed E-state index contributed by atoms with van der Waals surface area (Å²) in [5.41, 5.74) is 0. The number of ether oxygens (including phenoxy) is 4. The molecular weight excluding hydrogens is 861 g/mol. The lowest BCUT2D eigenvalue weighted by molar-refractivity contribution is -0.297. The summed E-state index contributed by atoms with van der Waals surface area (Å²) in [6.07, 6.45) is 40.7. The molecule has 1 rings (SSSR count). The second-order valence-corrected chi connectivity index (χ2v) is 20.4. The second kappa shape index (κ2) is 43.2. The first-order valence-corrected chi connectivity index (χ1v) is 28.5. The summed E-state index contributed by atoms with van der Waals surface area (Å²) >= 11 is 0. The molecule has 1 aliphatic heterocycles. The highest BCUT2D eigenvalue weighted by Crippen LogP contribution is 2.24. The van der Waals surface area contributed by atoms with Crippen molar-refractivity contribution in [3.8, 4) is 0 Å². The number of carbonyl (C=O) groups excluding carboxylic acids is 2. The molecule has 388 valence electrons. The SMILES string of the molecule is CCCCCCCC/C=C/CCCCCCCCCCCCCC(=O)O[C@H](COC(=O)CCCCCCCCC/C=C/CCCCCCCC)CO[C@H]1O[C@H](CS(=O)(=O)O)[C@@H](O)C(O)C1O. The molecule has 6 atom stereocenters. The molecule has 12 nitrogen and oxygen atoms in total. The third-order valence-electron chi connectivity index (χ3n) is 12.5. The predicted octanol–water partition coefficient (Wildman–Crippen LogP) is 12.3. The molecule has 1 saturated heterocycles. The van der Waals surface area contributed by atoms with E-state index in [0.29, 0.717) is 12.8 Å². The molecule has 4 N–H and O–H groups in total. The highest BCUT2D eigenvalue weighted by molar-refractivity contribution is 7.85. The van der Waals surface area contributed by atoms with E-state index in [1.165, 1.54) is 161 Å². The molecule has 0 amide bonds. The molecule has 0 radical (unpaired) electrons. The van der Waals surface area contributed by atoms with Crippen molar-refractivity contribution in [1.29, 1.82) is 0 Å². The summed E-state index contributed by atoms with van der Waals surface area (Å²) in [5.74, 6) is -1.98. The van der Waals surface area contributed by atoms with E-state index in [2.05, 4.69) is 38.2 Å². The van der Waals surface area contributed by atoms with Gasteiger partial charge in [0.2, 0.25) is 0 Å². The van der Waals surface area contributed by atoms with Crippen LogP contribution in [-0.4, -0.2) is 96.0 Å². The quantitative estimate of drug-likeness (QED) is 0.0196. The monoisotopic (exact) mass is 959 g/mol. The molecule has 1 aliphatic rings. The Hall–Kier alpha value is -1.87. The van der Waals surface area contributed by atoms with Crippen molar-refractivity contribution in [2.45, 2.75) is 282 Å². The first-order valence-electron chi connectivity index (χ1n) is 26.9. The van der Waals surface area contributed by atoms with E-state index in [9.17, 15) is 37.9 Å². The lowest BCUT2D eigenvalue weighted by atomic mass is 10.00. The Morgan fingerprint density at radius 2 is 0.864 bits per heavy atom. The Labute approximate surface area is 402 Å². The number of rotatable bonds is 46. The van der Waals surface area contributed by atoms with Gasteiger partial charge in [-0.1, -0.05) is 192 Å². The fourth-order valence-electron chi connectivity index (χ4n) is 8.32. The van der Waals surface area contributed by atoms with E-state index in [1.54, 1.807) is 0 Å². The highest BCUT2D eigenvalue weighted by Gasteiger charge is 2.46. The van der Waals surface area contributed by atoms with Gasteiger partial charge in [-0.05, 0) is 64.2 Å². The molecule has 1 heterocycles. The van der Waals surface area contributed by atoms with Crippen molar-refractivity contribution < 1.29 is 56.8 Å². The van der Waals surface area contributed by atoms with E-state index in [1.807, 2.05) is 0 Å². The van der Waals surface area contributed by atoms with E-state index in [0.717, 1.165) is 44.9 Å². The van der Waals surface area contributed by atoms with Gasteiger partial charge in [0.15, 0.2) is 12.4 Å². The van der Waals surface area contributed by atoms with Gasteiger partial charge < -0.3 is 34.3 Å². The van der Waals surface area contributed by atoms with Gasteiger partial charge in [0.1, 0.15) is 36.8 Å². The van der Waals surface area contributed by atoms with Gasteiger partial charge >= 0.3 is 11.9 Å². The van der Waals surface area contributed by atoms with Crippen LogP contribution in [0, 0.1) is 0 Å². The molecular formula is C53H98O12S. The molecule has 13 heteroatoms. The van der Waals surface area contributed by atoms with Gasteiger partial charge in [0.05, 0.1) is 6.61 Å². The van der Waals surface area contributed by atoms with Crippen LogP contribution in [-0.2, 0) is 38.7 Å². The molecule has 0 aromatic heterocycles. The molecule has 0 aromatic rings. The van der Waals surface area contributed by atoms with Crippen molar-refractivity contribution >= 4 is 22.1 Å². The maximum atomic E-state index is 12.9. The average molecular weight is 959 g/mol. The summed E-state index contributed by atoms with van der Waals surface area (Å²) in [7, 11) is -4.60. The first kappa shape index (κ1) is 62.1. The topological polar surface area (TPSA) is 186 Å². The van der Waals surface area contributed by atoms with E-state index < -0.39 is 71.2 Å². The van der Waals surface area contributed by atoms with Crippen molar-refractivity contribution in [3.63, 3.8) is 0 Å². The summed E-state index contributed by atoms with van der Waals surface area (Å²) in [5, 5.41) is 31.0. The fraction of sp³-hybridized carbons (Fsp3) is 0.887. The van der Waals surface area contributed by atoms with Gasteiger partial charge in [0, 0.05) is 12.8 Å². The molecule has 66 heavy (non-hydrogen) atoms. The number of unbranched alkanes of at least 4 members (excludes halogenated alkanes) is 30. The van der Waals surface area contributed by atoms with Crippen molar-refractivity contribution in [1.82, 2.24) is 0 Å². The lowest BCUT2D eigenvalue weighted by Gasteiger charge is -2.40. The molecule has 0 saturated carbocycles. The van der Waals surface area contributed by atoms with Crippen LogP contribution < -0.4 is 0 Å². The van der Waals surface area contributed by atoms with Gasteiger partial charge in [-0.3, -0.25) is 14.1 Å². The Bertz CT molecular complexity index is 1310. The van der Waals surface area contributed by atoms with E-state index in [4.69, 9.17) is 18.9 Å². The van der Waals surface area contributed by atoms with Crippen LogP contribution in [0.15, 0.2) is 24.3 Å². The third kappa shape index (κ3) is 37.1. The normalized spacial score (nSPS) is 19.5. The Morgan fingerprint density at radius 3 is 1.26 bits per heavy atom. The van der Waals surface area contributed by atoms with Gasteiger partial charge in [-0.2, -0.15) is 8.42 Å². The average Bonchev–Trinajstić information content (AvgIpc) is 3.28. The minimum Gasteiger partial charge on any atom is -0.462 e. The number of allylic oxidation sites excluding steroid dienone is 4. The van der Waals surface area contributed by atoms with E-state index >= 15 is 0 Å². The van der Waals surface area contributed by atoms with Crippen LogP contribution in [0.2, 0.25) is 0 Å². The van der Waals surface area contributed by atoms with Crippen LogP contribution in [0.5, 0.6) is 0 Å². The molecule has 0 aromatic carbocycles. The van der Waals surface area contributed by atoms with Crippen LogP contribution in [0.3, 0.4) is 0 Å². The zero-order valence-electron chi connectivity index (χ0n) is 41.8. The largest absolute Gasteiger partial charge is 0.462 e. The van der Waals surface area contributed by atoms with Crippen LogP contribution in [0.25, 0.3) is 0 Å². The number of aliphatic hydroxyl groups is 3. The second-order valence-electron chi connectivity index (χ2n) is 18.9. The van der Waals surface area contributed by atoms with Gasteiger partial charge in [-0.15, -0.1) is 0 Å². The maximum Gasteiger partial charge on any atom is 0.306 e. The summed E-state index contributed by atoms with van der Waals surface area (Å²) in [6, 6.07) is 0. The van der Waals surface area contributed by atoms with Crippen LogP contribution in [0.1, 0.15) is 245 Å². The van der Waals surface area contributed by atoms with Crippen molar-refractivity contribution in [2.75, 3.05) is 19.0 Å². The molecule has 0 bridgehead atoms. The zero-order valence-corrected chi connectivity index (χ0v) is 42.6. The zero-order chi connectivity index (χ0) is 48.4. The minimum atomic E-state index is -4.60. The van der Waals surface area contributed by atoms with Crippen LogP contribution in [0.4, 0.5) is 0 Å². The fourth-order valence-corrected chi connectivity index (χ4v) is 9.01. The Kier molecular flexibility index (Phi) is 40.7. The molecule has 2 unspecified atom stereocenters. The van der Waals surface area contributed by atoms with Gasteiger partial charge in [0.25, 0.3) is 10.1 Å². The van der Waals surface area contributed by atoms with E-state index in [-0.39, 0.29) is 19.4 Å². The number of esters is 2. The molecule has 0 aliphatic carbocycles. The van der Waals surface area contributed by atoms with Crippen molar-refractivity contribution in [2.24, 2.45) is 0 Å². The standard InChI is InChI=1S/C53H98O12S/c1-3-5-7-9-11-13-15-17-19-21-22-23-24-26-28-30-32-34-36-38-40-42-49(55)64-46(44-63-53-52(58)51(57)50(56)47(65-53)45-66(59,60)61)43-62-48(54)41-39-37-35-33-31-29-27-25-20-18-16-14-12-10-8-6-4-2/h17-20,46-47,50-53,56-58H,3-16,21-45H2,1-2H3,(H,59,60,61)/b19-17+,20-18+/t46-,47-,50-,51?,52?,53+/m1/s1. The minimum absolute atomic E-state index is 0.165. The van der Waals surface area contributed by atoms with Crippen molar-refractivity contribution in [3.05, 3.63) is 24.3 Å².